The van der Waals surface area contributed by atoms with Crippen molar-refractivity contribution in [1.29, 1.82) is 0 Å². The van der Waals surface area contributed by atoms with Crippen molar-refractivity contribution in [3.05, 3.63) is 144 Å². The molecule has 1 aliphatic rings. The van der Waals surface area contributed by atoms with Gasteiger partial charge in [-0.3, -0.25) is 9.59 Å². The van der Waals surface area contributed by atoms with Gasteiger partial charge in [0, 0.05) is 5.75 Å². The molecule has 0 aliphatic carbocycles. The third-order valence-corrected chi connectivity index (χ3v) is 9.05. The summed E-state index contributed by atoms with van der Waals surface area (Å²) in [5.41, 5.74) is 3.18. The molecule has 1 unspecified atom stereocenters. The number of alkyl carbamates (subject to hydrolysis) is 1. The van der Waals surface area contributed by atoms with Crippen LogP contribution < -0.4 is 16.0 Å². The molecule has 226 valence electrons. The zero-order valence-electron chi connectivity index (χ0n) is 25.0. The van der Waals surface area contributed by atoms with Gasteiger partial charge in [-0.25, -0.2) is 4.79 Å². The summed E-state index contributed by atoms with van der Waals surface area (Å²) in [5.74, 6) is -0.236. The number of β-lactam (4-membered cyclic amide) rings is 1. The summed E-state index contributed by atoms with van der Waals surface area (Å²) in [6, 6.07) is 37.7. The first-order chi connectivity index (χ1) is 21.2. The summed E-state index contributed by atoms with van der Waals surface area (Å²) in [6.45, 7) is 5.27. The zero-order valence-corrected chi connectivity index (χ0v) is 25.8. The normalized spacial score (nSPS) is 17.0. The Kier molecular flexibility index (Phi) is 9.40. The number of benzene rings is 4. The van der Waals surface area contributed by atoms with E-state index in [0.717, 1.165) is 16.7 Å². The fourth-order valence-corrected chi connectivity index (χ4v) is 6.95. The fourth-order valence-electron chi connectivity index (χ4n) is 5.34. The van der Waals surface area contributed by atoms with Gasteiger partial charge in [-0.2, -0.15) is 0 Å². The van der Waals surface area contributed by atoms with Crippen molar-refractivity contribution >= 4 is 29.7 Å². The lowest BCUT2D eigenvalue weighted by molar-refractivity contribution is -0.136. The second kappa shape index (κ2) is 13.4. The molecule has 1 heterocycles. The number of carbonyl (C=O) groups is 3. The highest BCUT2D eigenvalue weighted by molar-refractivity contribution is 8.00. The molecule has 1 saturated heterocycles. The van der Waals surface area contributed by atoms with Gasteiger partial charge in [-0.1, -0.05) is 121 Å². The van der Waals surface area contributed by atoms with Crippen molar-refractivity contribution in [1.82, 2.24) is 16.0 Å². The zero-order chi connectivity index (χ0) is 31.2. The van der Waals surface area contributed by atoms with Crippen molar-refractivity contribution in [2.24, 2.45) is 0 Å². The van der Waals surface area contributed by atoms with Gasteiger partial charge in [0.2, 0.25) is 11.8 Å². The highest BCUT2D eigenvalue weighted by Crippen LogP contribution is 2.49. The van der Waals surface area contributed by atoms with Crippen LogP contribution in [0.1, 0.15) is 49.1 Å². The molecular formula is C36H37N3O4S. The predicted molar refractivity (Wildman–Crippen MR) is 174 cm³/mol. The maximum Gasteiger partial charge on any atom is 0.408 e. The number of hydrogen-bond donors (Lipinski definition) is 3. The molecule has 4 aromatic carbocycles. The number of ether oxygens (including phenoxy) is 1. The van der Waals surface area contributed by atoms with E-state index in [1.165, 1.54) is 0 Å². The Morgan fingerprint density at radius 1 is 0.773 bits per heavy atom. The molecule has 0 saturated carbocycles. The minimum atomic E-state index is -1.04. The molecule has 3 amide bonds. The van der Waals surface area contributed by atoms with Crippen LogP contribution in [0.4, 0.5) is 4.79 Å². The van der Waals surface area contributed by atoms with Gasteiger partial charge >= 0.3 is 6.09 Å². The standard InChI is InChI=1S/C36H37N3O4S/c1-35(2,3)43-34(42)39-30(25-16-8-4-9-17-25)32(40)38-31-29(37-33(31)41)24-44-36(26-18-10-5-11-19-26,27-20-12-6-13-21-27)28-22-14-7-15-23-28/h4-23,29-31H,24H2,1-3H3,(H,37,41)(H,38,40)(H,39,42)/t29-,30?,31+/m0/s1. The lowest BCUT2D eigenvalue weighted by Crippen LogP contribution is -2.70. The van der Waals surface area contributed by atoms with Crippen LogP contribution in [0.5, 0.6) is 0 Å². The summed E-state index contributed by atoms with van der Waals surface area (Å²) < 4.78 is 4.85. The Morgan fingerprint density at radius 2 is 1.23 bits per heavy atom. The third-order valence-electron chi connectivity index (χ3n) is 7.39. The van der Waals surface area contributed by atoms with Gasteiger partial charge in [0.25, 0.3) is 0 Å². The van der Waals surface area contributed by atoms with E-state index in [4.69, 9.17) is 4.74 Å². The van der Waals surface area contributed by atoms with Crippen LogP contribution in [-0.4, -0.2) is 41.3 Å². The maximum absolute atomic E-state index is 13.6. The Labute approximate surface area is 262 Å². The van der Waals surface area contributed by atoms with Crippen molar-refractivity contribution in [2.75, 3.05) is 5.75 Å². The first kappa shape index (κ1) is 30.9. The quantitative estimate of drug-likeness (QED) is 0.153. The number of hydrogen-bond acceptors (Lipinski definition) is 5. The minimum Gasteiger partial charge on any atom is -0.444 e. The molecule has 7 nitrogen and oxygen atoms in total. The number of thioether (sulfide) groups is 1. The highest BCUT2D eigenvalue weighted by atomic mass is 32.2. The van der Waals surface area contributed by atoms with E-state index in [0.29, 0.717) is 11.3 Å². The van der Waals surface area contributed by atoms with E-state index in [1.807, 2.05) is 60.7 Å². The Bertz CT molecular complexity index is 1460. The smallest absolute Gasteiger partial charge is 0.408 e. The molecule has 1 aliphatic heterocycles. The summed E-state index contributed by atoms with van der Waals surface area (Å²) in [4.78, 5) is 39.1. The molecule has 0 aromatic heterocycles. The fraction of sp³-hybridized carbons (Fsp3) is 0.250. The predicted octanol–water partition coefficient (Wildman–Crippen LogP) is 5.96. The van der Waals surface area contributed by atoms with Crippen LogP contribution in [0.15, 0.2) is 121 Å². The average molecular weight is 608 g/mol. The highest BCUT2D eigenvalue weighted by Gasteiger charge is 2.45. The van der Waals surface area contributed by atoms with Crippen molar-refractivity contribution in [3.8, 4) is 0 Å². The summed E-state index contributed by atoms with van der Waals surface area (Å²) in [6.07, 6.45) is -0.718. The number of amides is 3. The molecule has 0 spiro atoms. The molecule has 3 N–H and O–H groups in total. The minimum absolute atomic E-state index is 0.266. The van der Waals surface area contributed by atoms with Crippen molar-refractivity contribution < 1.29 is 19.1 Å². The van der Waals surface area contributed by atoms with Gasteiger partial charge < -0.3 is 20.7 Å². The van der Waals surface area contributed by atoms with Crippen LogP contribution in [0.3, 0.4) is 0 Å². The molecule has 44 heavy (non-hydrogen) atoms. The van der Waals surface area contributed by atoms with Crippen molar-refractivity contribution in [2.45, 2.75) is 49.2 Å². The van der Waals surface area contributed by atoms with Gasteiger partial charge in [-0.15, -0.1) is 11.8 Å². The lowest BCUT2D eigenvalue weighted by atomic mass is 9.84. The second-order valence-electron chi connectivity index (χ2n) is 11.7. The number of carbonyl (C=O) groups excluding carboxylic acids is 3. The summed E-state index contributed by atoms with van der Waals surface area (Å²) >= 11 is 1.71. The monoisotopic (exact) mass is 607 g/mol. The van der Waals surface area contributed by atoms with Crippen molar-refractivity contribution in [3.63, 3.8) is 0 Å². The van der Waals surface area contributed by atoms with E-state index in [9.17, 15) is 14.4 Å². The van der Waals surface area contributed by atoms with Gasteiger partial charge in [0.05, 0.1) is 10.8 Å². The molecule has 0 radical (unpaired) electrons. The first-order valence-electron chi connectivity index (χ1n) is 14.6. The first-order valence-corrected chi connectivity index (χ1v) is 15.6. The molecule has 8 heteroatoms. The van der Waals surface area contributed by atoms with E-state index < -0.39 is 34.4 Å². The van der Waals surface area contributed by atoms with Crippen LogP contribution in [-0.2, 0) is 19.1 Å². The second-order valence-corrected chi connectivity index (χ2v) is 12.9. The largest absolute Gasteiger partial charge is 0.444 e. The van der Waals surface area contributed by atoms with Gasteiger partial charge in [-0.05, 0) is 43.0 Å². The molecule has 4 aromatic rings. The molecule has 0 bridgehead atoms. The van der Waals surface area contributed by atoms with Crippen LogP contribution in [0.2, 0.25) is 0 Å². The summed E-state index contributed by atoms with van der Waals surface area (Å²) in [7, 11) is 0. The number of nitrogens with one attached hydrogen (secondary N) is 3. The Hall–Kier alpha value is -4.56. The van der Waals surface area contributed by atoms with Crippen LogP contribution in [0, 0.1) is 0 Å². The molecule has 1 fully saturated rings. The molecule has 3 atom stereocenters. The Morgan fingerprint density at radius 3 is 1.66 bits per heavy atom. The van der Waals surface area contributed by atoms with Gasteiger partial charge in [0.1, 0.15) is 17.7 Å². The molecular weight excluding hydrogens is 570 g/mol. The van der Waals surface area contributed by atoms with E-state index >= 15 is 0 Å². The van der Waals surface area contributed by atoms with Crippen LogP contribution in [0.25, 0.3) is 0 Å². The SMILES string of the molecule is CC(C)(C)OC(=O)NC(C(=O)N[C@H]1C(=O)N[C@H]1CSC(c1ccccc1)(c1ccccc1)c1ccccc1)c1ccccc1. The van der Waals surface area contributed by atoms with E-state index in [2.05, 4.69) is 52.3 Å². The third kappa shape index (κ3) is 6.97. The van der Waals surface area contributed by atoms with E-state index in [1.54, 1.807) is 56.8 Å². The topological polar surface area (TPSA) is 96.5 Å². The Balaban J connectivity index is 1.39. The van der Waals surface area contributed by atoms with E-state index in [-0.39, 0.29) is 11.9 Å². The number of rotatable bonds is 10. The summed E-state index contributed by atoms with van der Waals surface area (Å²) in [5, 5.41) is 8.58. The average Bonchev–Trinajstić information content (AvgIpc) is 3.03. The van der Waals surface area contributed by atoms with Crippen LogP contribution >= 0.6 is 11.8 Å². The van der Waals surface area contributed by atoms with Gasteiger partial charge in [0.15, 0.2) is 0 Å². The maximum atomic E-state index is 13.6. The molecule has 5 rings (SSSR count). The lowest BCUT2D eigenvalue weighted by Gasteiger charge is -2.41.